The first kappa shape index (κ1) is 26.6. The molecule has 200 valence electrons. The Morgan fingerprint density at radius 3 is 2.41 bits per heavy atom. The van der Waals surface area contributed by atoms with Gasteiger partial charge in [0.1, 0.15) is 0 Å². The Bertz CT molecular complexity index is 1520. The molecular formula is C32H31ClN2O4. The lowest BCUT2D eigenvalue weighted by Gasteiger charge is -2.37. The van der Waals surface area contributed by atoms with Crippen molar-refractivity contribution in [2.45, 2.75) is 38.5 Å². The van der Waals surface area contributed by atoms with E-state index >= 15 is 0 Å². The quantitative estimate of drug-likeness (QED) is 0.364. The number of carbonyl (C=O) groups is 2. The number of hydrogen-bond donors (Lipinski definition) is 2. The predicted molar refractivity (Wildman–Crippen MR) is 153 cm³/mol. The van der Waals surface area contributed by atoms with E-state index in [1.165, 1.54) is 0 Å². The van der Waals surface area contributed by atoms with Gasteiger partial charge < -0.3 is 20.1 Å². The number of ether oxygens (including phenoxy) is 2. The smallest absolute Gasteiger partial charge is 0.254 e. The topological polar surface area (TPSA) is 76.7 Å². The summed E-state index contributed by atoms with van der Waals surface area (Å²) in [6, 6.07) is 20.8. The average Bonchev–Trinajstić information content (AvgIpc) is 2.92. The van der Waals surface area contributed by atoms with Crippen LogP contribution in [0.3, 0.4) is 0 Å². The van der Waals surface area contributed by atoms with Crippen molar-refractivity contribution >= 4 is 29.0 Å². The molecule has 0 aromatic heterocycles. The van der Waals surface area contributed by atoms with Gasteiger partial charge in [-0.2, -0.15) is 0 Å². The third kappa shape index (κ3) is 5.17. The van der Waals surface area contributed by atoms with Crippen molar-refractivity contribution in [2.75, 3.05) is 19.5 Å². The minimum atomic E-state index is -0.539. The van der Waals surface area contributed by atoms with E-state index in [9.17, 15) is 9.59 Å². The number of benzene rings is 3. The highest BCUT2D eigenvalue weighted by molar-refractivity contribution is 6.30. The Balaban J connectivity index is 1.55. The van der Waals surface area contributed by atoms with Crippen molar-refractivity contribution in [1.82, 2.24) is 5.32 Å². The van der Waals surface area contributed by atoms with Crippen molar-refractivity contribution in [3.8, 4) is 11.5 Å². The first-order valence-corrected chi connectivity index (χ1v) is 13.3. The largest absolute Gasteiger partial charge is 0.493 e. The maximum absolute atomic E-state index is 13.9. The lowest BCUT2D eigenvalue weighted by atomic mass is 9.71. The zero-order chi connectivity index (χ0) is 27.7. The number of aryl methyl sites for hydroxylation is 1. The molecule has 3 aromatic carbocycles. The van der Waals surface area contributed by atoms with Gasteiger partial charge >= 0.3 is 0 Å². The maximum Gasteiger partial charge on any atom is 0.254 e. The second-order valence-electron chi connectivity index (χ2n) is 9.96. The molecule has 2 N–H and O–H groups in total. The Morgan fingerprint density at radius 1 is 0.923 bits per heavy atom. The van der Waals surface area contributed by atoms with Crippen LogP contribution in [0, 0.1) is 6.92 Å². The van der Waals surface area contributed by atoms with Gasteiger partial charge in [0.05, 0.1) is 14.2 Å². The van der Waals surface area contributed by atoms with Crippen molar-refractivity contribution in [3.63, 3.8) is 0 Å². The molecule has 1 heterocycles. The molecular weight excluding hydrogens is 512 g/mol. The number of ketones is 1. The normalized spacial score (nSPS) is 18.8. The van der Waals surface area contributed by atoms with Crippen LogP contribution in [0.1, 0.15) is 48.3 Å². The molecule has 0 saturated carbocycles. The van der Waals surface area contributed by atoms with Crippen LogP contribution in [0.15, 0.2) is 89.3 Å². The number of nitrogens with one attached hydrogen (secondary N) is 2. The monoisotopic (exact) mass is 542 g/mol. The predicted octanol–water partition coefficient (Wildman–Crippen LogP) is 6.67. The number of carbonyl (C=O) groups excluding carboxylic acids is 2. The molecule has 2 atom stereocenters. The average molecular weight is 543 g/mol. The SMILES string of the molecule is COc1ccc(C2CC(=O)C3=C(C2)NC(C)=C(C(=O)Nc2ccccc2C)C3c2cccc(Cl)c2)cc1OC. The van der Waals surface area contributed by atoms with Gasteiger partial charge in [0.2, 0.25) is 0 Å². The molecule has 2 aliphatic rings. The van der Waals surface area contributed by atoms with Gasteiger partial charge in [-0.15, -0.1) is 0 Å². The minimum absolute atomic E-state index is 0.00204. The van der Waals surface area contributed by atoms with Crippen molar-refractivity contribution < 1.29 is 19.1 Å². The number of anilines is 1. The van der Waals surface area contributed by atoms with Crippen molar-refractivity contribution in [2.24, 2.45) is 0 Å². The second-order valence-corrected chi connectivity index (χ2v) is 10.4. The summed E-state index contributed by atoms with van der Waals surface area (Å²) in [4.78, 5) is 27.7. The third-order valence-corrected chi connectivity index (χ3v) is 7.76. The molecule has 39 heavy (non-hydrogen) atoms. The summed E-state index contributed by atoms with van der Waals surface area (Å²) < 4.78 is 10.9. The molecule has 0 spiro atoms. The van der Waals surface area contributed by atoms with Crippen LogP contribution in [0.25, 0.3) is 0 Å². The summed E-state index contributed by atoms with van der Waals surface area (Å²) >= 11 is 6.39. The fraction of sp³-hybridized carbons (Fsp3) is 0.250. The van der Waals surface area contributed by atoms with Gasteiger partial charge in [-0.05, 0) is 73.2 Å². The summed E-state index contributed by atoms with van der Waals surface area (Å²) in [6.07, 6.45) is 0.941. The van der Waals surface area contributed by atoms with E-state index in [-0.39, 0.29) is 17.6 Å². The fourth-order valence-corrected chi connectivity index (χ4v) is 5.80. The summed E-state index contributed by atoms with van der Waals surface area (Å²) in [5.41, 5.74) is 6.18. The molecule has 0 saturated heterocycles. The fourth-order valence-electron chi connectivity index (χ4n) is 5.60. The number of rotatable bonds is 6. The van der Waals surface area contributed by atoms with E-state index in [1.54, 1.807) is 20.3 Å². The van der Waals surface area contributed by atoms with Crippen LogP contribution >= 0.6 is 11.6 Å². The number of Topliss-reactive ketones (excluding diaryl/α,β-unsaturated/α-hetero) is 1. The van der Waals surface area contributed by atoms with E-state index in [0.717, 1.165) is 28.1 Å². The highest BCUT2D eigenvalue weighted by atomic mass is 35.5. The van der Waals surface area contributed by atoms with Gasteiger partial charge in [-0.1, -0.05) is 48.0 Å². The Kier molecular flexibility index (Phi) is 7.49. The zero-order valence-corrected chi connectivity index (χ0v) is 23.2. The molecule has 0 radical (unpaired) electrons. The summed E-state index contributed by atoms with van der Waals surface area (Å²) in [6.45, 7) is 3.84. The van der Waals surface area contributed by atoms with Crippen molar-refractivity contribution in [3.05, 3.63) is 111 Å². The maximum atomic E-state index is 13.9. The summed E-state index contributed by atoms with van der Waals surface area (Å²) in [7, 11) is 3.20. The molecule has 2 unspecified atom stereocenters. The van der Waals surface area contributed by atoms with Crippen LogP contribution in [-0.4, -0.2) is 25.9 Å². The molecule has 0 fully saturated rings. The van der Waals surface area contributed by atoms with Gasteiger partial charge in [0, 0.05) is 45.6 Å². The standard InChI is InChI=1S/C32H31ClN2O4/c1-18-8-5-6-11-24(18)35-32(37)29-19(2)34-25-15-22(20-12-13-27(38-3)28(17-20)39-4)16-26(36)31(25)30(29)21-9-7-10-23(33)14-21/h5-14,17,22,30,34H,15-16H2,1-4H3,(H,35,37). The van der Waals surface area contributed by atoms with Gasteiger partial charge in [0.15, 0.2) is 17.3 Å². The first-order valence-electron chi connectivity index (χ1n) is 12.9. The van der Waals surface area contributed by atoms with Crippen LogP contribution in [0.2, 0.25) is 5.02 Å². The highest BCUT2D eigenvalue weighted by Crippen LogP contribution is 2.46. The number of halogens is 1. The van der Waals surface area contributed by atoms with Crippen molar-refractivity contribution in [1.29, 1.82) is 0 Å². The molecule has 1 aliphatic heterocycles. The molecule has 5 rings (SSSR count). The minimum Gasteiger partial charge on any atom is -0.493 e. The summed E-state index contributed by atoms with van der Waals surface area (Å²) in [5, 5.41) is 7.05. The van der Waals surface area contributed by atoms with Gasteiger partial charge in [0.25, 0.3) is 5.91 Å². The lowest BCUT2D eigenvalue weighted by molar-refractivity contribution is -0.116. The van der Waals surface area contributed by atoms with E-state index < -0.39 is 5.92 Å². The van der Waals surface area contributed by atoms with E-state index in [2.05, 4.69) is 10.6 Å². The molecule has 7 heteroatoms. The number of allylic oxidation sites excluding steroid dienone is 3. The van der Waals surface area contributed by atoms with E-state index in [1.807, 2.05) is 74.5 Å². The number of dihydropyridines is 1. The molecule has 3 aromatic rings. The van der Waals surface area contributed by atoms with E-state index in [4.69, 9.17) is 21.1 Å². The Morgan fingerprint density at radius 2 is 1.69 bits per heavy atom. The Hall–Kier alpha value is -4.03. The van der Waals surface area contributed by atoms with Crippen LogP contribution in [0.5, 0.6) is 11.5 Å². The summed E-state index contributed by atoms with van der Waals surface area (Å²) in [5.74, 6) is 0.439. The highest BCUT2D eigenvalue weighted by Gasteiger charge is 2.41. The van der Waals surface area contributed by atoms with Gasteiger partial charge in [-0.3, -0.25) is 9.59 Å². The molecule has 0 bridgehead atoms. The Labute approximate surface area is 233 Å². The molecule has 1 aliphatic carbocycles. The van der Waals surface area contributed by atoms with Gasteiger partial charge in [-0.25, -0.2) is 0 Å². The number of methoxy groups -OCH3 is 2. The van der Waals surface area contributed by atoms with Crippen LogP contribution in [-0.2, 0) is 9.59 Å². The zero-order valence-electron chi connectivity index (χ0n) is 22.4. The number of para-hydroxylation sites is 1. The molecule has 1 amide bonds. The molecule has 6 nitrogen and oxygen atoms in total. The van der Waals surface area contributed by atoms with Crippen LogP contribution in [0.4, 0.5) is 5.69 Å². The van der Waals surface area contributed by atoms with E-state index in [0.29, 0.717) is 46.2 Å². The second kappa shape index (κ2) is 11.0. The van der Waals surface area contributed by atoms with Crippen LogP contribution < -0.4 is 20.1 Å². The third-order valence-electron chi connectivity index (χ3n) is 7.53. The first-order chi connectivity index (χ1) is 18.8. The lowest BCUT2D eigenvalue weighted by Crippen LogP contribution is -2.37. The number of hydrogen-bond acceptors (Lipinski definition) is 5. The number of amides is 1.